The largest absolute Gasteiger partial charge is 0.506 e. The van der Waals surface area contributed by atoms with Gasteiger partial charge >= 0.3 is 0 Å². The normalized spacial score (nSPS) is 11.5. The predicted octanol–water partition coefficient (Wildman–Crippen LogP) is 3.52. The lowest BCUT2D eigenvalue weighted by Gasteiger charge is -2.09. The first-order valence-electron chi connectivity index (χ1n) is 5.38. The first-order chi connectivity index (χ1) is 8.79. The van der Waals surface area contributed by atoms with Gasteiger partial charge in [-0.15, -0.1) is 11.3 Å². The van der Waals surface area contributed by atoms with Crippen LogP contribution in [0.15, 0.2) is 29.2 Å². The molecule has 0 bridgehead atoms. The minimum atomic E-state index is -3.72. The second-order valence-corrected chi connectivity index (χ2v) is 7.59. The lowest BCUT2D eigenvalue weighted by atomic mass is 10.3. The lowest BCUT2D eigenvalue weighted by molar-refractivity contribution is 0.477. The number of hydrogen-bond donors (Lipinski definition) is 2. The SMILES string of the molecule is Cc1cc(S(=O)(=O)Nc2cc(Cl)ccc2O)c(C)s1. The van der Waals surface area contributed by atoms with Gasteiger partial charge in [0.1, 0.15) is 10.6 Å². The molecule has 1 aromatic heterocycles. The summed E-state index contributed by atoms with van der Waals surface area (Å²) in [5, 5.41) is 9.98. The first kappa shape index (κ1) is 14.2. The molecule has 19 heavy (non-hydrogen) atoms. The summed E-state index contributed by atoms with van der Waals surface area (Å²) < 4.78 is 26.8. The van der Waals surface area contributed by atoms with Crippen LogP contribution in [0.1, 0.15) is 9.75 Å². The van der Waals surface area contributed by atoms with Crippen LogP contribution in [0.3, 0.4) is 0 Å². The molecule has 0 saturated heterocycles. The summed E-state index contributed by atoms with van der Waals surface area (Å²) in [5.41, 5.74) is 0.0655. The third-order valence-corrected chi connectivity index (χ3v) is 5.31. The van der Waals surface area contributed by atoms with Gasteiger partial charge in [-0.3, -0.25) is 4.72 Å². The molecule has 0 saturated carbocycles. The van der Waals surface area contributed by atoms with Crippen LogP contribution in [0, 0.1) is 13.8 Å². The molecular weight excluding hydrogens is 306 g/mol. The van der Waals surface area contributed by atoms with Crippen LogP contribution in [-0.4, -0.2) is 13.5 Å². The fourth-order valence-electron chi connectivity index (χ4n) is 1.66. The van der Waals surface area contributed by atoms with E-state index in [4.69, 9.17) is 11.6 Å². The van der Waals surface area contributed by atoms with E-state index in [9.17, 15) is 13.5 Å². The Morgan fingerprint density at radius 2 is 1.95 bits per heavy atom. The third-order valence-electron chi connectivity index (χ3n) is 2.49. The van der Waals surface area contributed by atoms with Crippen molar-refractivity contribution in [3.63, 3.8) is 0 Å². The molecule has 0 aliphatic carbocycles. The molecular formula is C12H12ClNO3S2. The van der Waals surface area contributed by atoms with Crippen molar-refractivity contribution in [2.24, 2.45) is 0 Å². The Balaban J connectivity index is 2.42. The van der Waals surface area contributed by atoms with E-state index >= 15 is 0 Å². The number of anilines is 1. The van der Waals surface area contributed by atoms with E-state index in [0.717, 1.165) is 4.88 Å². The van der Waals surface area contributed by atoms with Crippen LogP contribution in [-0.2, 0) is 10.0 Å². The summed E-state index contributed by atoms with van der Waals surface area (Å²) in [4.78, 5) is 1.83. The zero-order valence-electron chi connectivity index (χ0n) is 10.3. The van der Waals surface area contributed by atoms with Gasteiger partial charge in [-0.1, -0.05) is 11.6 Å². The summed E-state index contributed by atoms with van der Waals surface area (Å²) >= 11 is 7.19. The summed E-state index contributed by atoms with van der Waals surface area (Å²) in [5.74, 6) is -0.169. The lowest BCUT2D eigenvalue weighted by Crippen LogP contribution is -2.13. The fourth-order valence-corrected chi connectivity index (χ4v) is 4.46. The van der Waals surface area contributed by atoms with Crippen LogP contribution in [0.25, 0.3) is 0 Å². The highest BCUT2D eigenvalue weighted by Crippen LogP contribution is 2.31. The Kier molecular flexibility index (Phi) is 3.75. The molecule has 0 radical (unpaired) electrons. The van der Waals surface area contributed by atoms with Crippen molar-refractivity contribution in [2.75, 3.05) is 4.72 Å². The molecule has 102 valence electrons. The van der Waals surface area contributed by atoms with Gasteiger partial charge in [-0.05, 0) is 38.1 Å². The zero-order chi connectivity index (χ0) is 14.2. The average molecular weight is 318 g/mol. The number of thiophene rings is 1. The van der Waals surface area contributed by atoms with Gasteiger partial charge in [0.2, 0.25) is 0 Å². The van der Waals surface area contributed by atoms with E-state index in [1.54, 1.807) is 13.0 Å². The van der Waals surface area contributed by atoms with Crippen molar-refractivity contribution in [2.45, 2.75) is 18.7 Å². The molecule has 0 fully saturated rings. The van der Waals surface area contributed by atoms with Gasteiger partial charge in [0.15, 0.2) is 0 Å². The van der Waals surface area contributed by atoms with Gasteiger partial charge < -0.3 is 5.11 Å². The molecule has 0 unspecified atom stereocenters. The Labute approximate surface area is 120 Å². The molecule has 2 aromatic rings. The molecule has 2 rings (SSSR count). The van der Waals surface area contributed by atoms with Gasteiger partial charge in [-0.25, -0.2) is 8.42 Å². The fraction of sp³-hybridized carbons (Fsp3) is 0.167. The summed E-state index contributed by atoms with van der Waals surface area (Å²) in [6, 6.07) is 5.79. The van der Waals surface area contributed by atoms with Crippen LogP contribution >= 0.6 is 22.9 Å². The molecule has 0 aliphatic rings. The van der Waals surface area contributed by atoms with E-state index < -0.39 is 10.0 Å². The van der Waals surface area contributed by atoms with Crippen LogP contribution < -0.4 is 4.72 Å². The van der Waals surface area contributed by atoms with Gasteiger partial charge in [0.05, 0.1) is 5.69 Å². The monoisotopic (exact) mass is 317 g/mol. The Morgan fingerprint density at radius 3 is 2.53 bits per heavy atom. The van der Waals surface area contributed by atoms with E-state index in [1.807, 2.05) is 6.92 Å². The maximum Gasteiger partial charge on any atom is 0.263 e. The second kappa shape index (κ2) is 5.03. The first-order valence-corrected chi connectivity index (χ1v) is 8.06. The number of phenols is 1. The number of benzene rings is 1. The summed E-state index contributed by atoms with van der Waals surface area (Å²) in [6.45, 7) is 3.58. The molecule has 0 spiro atoms. The number of halogens is 1. The van der Waals surface area contributed by atoms with Crippen molar-refractivity contribution in [1.82, 2.24) is 0 Å². The highest BCUT2D eigenvalue weighted by Gasteiger charge is 2.20. The van der Waals surface area contributed by atoms with Gasteiger partial charge in [0, 0.05) is 14.8 Å². The predicted molar refractivity (Wildman–Crippen MR) is 77.7 cm³/mol. The van der Waals surface area contributed by atoms with Crippen molar-refractivity contribution in [3.8, 4) is 5.75 Å². The van der Waals surface area contributed by atoms with Crippen LogP contribution in [0.5, 0.6) is 5.75 Å². The van der Waals surface area contributed by atoms with E-state index in [2.05, 4.69) is 4.72 Å². The van der Waals surface area contributed by atoms with Gasteiger partial charge in [0.25, 0.3) is 10.0 Å². The number of aromatic hydroxyl groups is 1. The maximum atomic E-state index is 12.2. The number of sulfonamides is 1. The summed E-state index contributed by atoms with van der Waals surface area (Å²) in [7, 11) is -3.72. The molecule has 2 N–H and O–H groups in total. The molecule has 1 heterocycles. The van der Waals surface area contributed by atoms with E-state index in [-0.39, 0.29) is 16.3 Å². The molecule has 1 aromatic carbocycles. The Morgan fingerprint density at radius 1 is 1.26 bits per heavy atom. The quantitative estimate of drug-likeness (QED) is 0.851. The number of hydrogen-bond acceptors (Lipinski definition) is 4. The second-order valence-electron chi connectivity index (χ2n) is 4.04. The van der Waals surface area contributed by atoms with Crippen molar-refractivity contribution in [3.05, 3.63) is 39.0 Å². The molecule has 0 atom stereocenters. The Bertz CT molecular complexity index is 723. The minimum Gasteiger partial charge on any atom is -0.506 e. The van der Waals surface area contributed by atoms with Crippen LogP contribution in [0.4, 0.5) is 5.69 Å². The topological polar surface area (TPSA) is 66.4 Å². The number of nitrogens with one attached hydrogen (secondary N) is 1. The van der Waals surface area contributed by atoms with E-state index in [1.165, 1.54) is 29.5 Å². The minimum absolute atomic E-state index is 0.0655. The van der Waals surface area contributed by atoms with Crippen molar-refractivity contribution in [1.29, 1.82) is 0 Å². The molecule has 0 aliphatic heterocycles. The number of aryl methyl sites for hydroxylation is 2. The summed E-state index contributed by atoms with van der Waals surface area (Å²) in [6.07, 6.45) is 0. The molecule has 4 nitrogen and oxygen atoms in total. The van der Waals surface area contributed by atoms with Gasteiger partial charge in [-0.2, -0.15) is 0 Å². The maximum absolute atomic E-state index is 12.2. The molecule has 7 heteroatoms. The smallest absolute Gasteiger partial charge is 0.263 e. The van der Waals surface area contributed by atoms with Crippen molar-refractivity contribution >= 4 is 38.6 Å². The Hall–Kier alpha value is -1.24. The third kappa shape index (κ3) is 3.02. The standard InChI is InChI=1S/C12H12ClNO3S2/c1-7-5-12(8(2)18-7)19(16,17)14-10-6-9(13)3-4-11(10)15/h3-6,14-15H,1-2H3. The zero-order valence-corrected chi connectivity index (χ0v) is 12.7. The number of phenolic OH excluding ortho intramolecular Hbond substituents is 1. The van der Waals surface area contributed by atoms with Crippen LogP contribution in [0.2, 0.25) is 5.02 Å². The van der Waals surface area contributed by atoms with Crippen molar-refractivity contribution < 1.29 is 13.5 Å². The highest BCUT2D eigenvalue weighted by molar-refractivity contribution is 7.93. The number of rotatable bonds is 3. The highest BCUT2D eigenvalue weighted by atomic mass is 35.5. The van der Waals surface area contributed by atoms with E-state index in [0.29, 0.717) is 9.90 Å². The molecule has 0 amide bonds. The average Bonchev–Trinajstić information content (AvgIpc) is 2.63.